The van der Waals surface area contributed by atoms with Crippen molar-refractivity contribution in [3.05, 3.63) is 59.9 Å². The van der Waals surface area contributed by atoms with E-state index in [9.17, 15) is 9.59 Å². The lowest BCUT2D eigenvalue weighted by molar-refractivity contribution is 0.0966. The third kappa shape index (κ3) is 2.25. The average molecular weight is 242 g/mol. The quantitative estimate of drug-likeness (QED) is 0.762. The van der Waals surface area contributed by atoms with E-state index in [2.05, 4.69) is 6.58 Å². The molecule has 0 fully saturated rings. The van der Waals surface area contributed by atoms with Gasteiger partial charge in [-0.2, -0.15) is 0 Å². The van der Waals surface area contributed by atoms with Crippen LogP contribution in [0.25, 0.3) is 0 Å². The molecule has 0 N–H and O–H groups in total. The van der Waals surface area contributed by atoms with Crippen molar-refractivity contribution < 1.29 is 14.3 Å². The summed E-state index contributed by atoms with van der Waals surface area (Å²) >= 11 is 0. The van der Waals surface area contributed by atoms with Gasteiger partial charge >= 0.3 is 0 Å². The summed E-state index contributed by atoms with van der Waals surface area (Å²) in [6, 6.07) is 6.87. The molecule has 0 unspecified atom stereocenters. The fraction of sp³-hybridized carbons (Fsp3) is 0.200. The largest absolute Gasteiger partial charge is 0.499 e. The van der Waals surface area contributed by atoms with Gasteiger partial charge in [0.25, 0.3) is 0 Å². The van der Waals surface area contributed by atoms with Gasteiger partial charge in [-0.25, -0.2) is 0 Å². The Labute approximate surface area is 106 Å². The lowest BCUT2D eigenvalue weighted by atomic mass is 9.87. The second-order valence-corrected chi connectivity index (χ2v) is 4.23. The monoisotopic (exact) mass is 242 g/mol. The van der Waals surface area contributed by atoms with Crippen LogP contribution in [-0.2, 0) is 4.74 Å². The van der Waals surface area contributed by atoms with Gasteiger partial charge in [0.15, 0.2) is 11.6 Å². The van der Waals surface area contributed by atoms with Crippen molar-refractivity contribution >= 4 is 11.6 Å². The predicted molar refractivity (Wildman–Crippen MR) is 68.5 cm³/mol. The molecular weight excluding hydrogens is 228 g/mol. The van der Waals surface area contributed by atoms with Crippen molar-refractivity contribution in [2.45, 2.75) is 19.4 Å². The molecule has 0 saturated carbocycles. The van der Waals surface area contributed by atoms with Gasteiger partial charge in [0.2, 0.25) is 0 Å². The van der Waals surface area contributed by atoms with E-state index in [0.29, 0.717) is 23.1 Å². The lowest BCUT2D eigenvalue weighted by Crippen LogP contribution is -2.19. The van der Waals surface area contributed by atoms with E-state index >= 15 is 0 Å². The summed E-state index contributed by atoms with van der Waals surface area (Å²) in [7, 11) is 0. The minimum absolute atomic E-state index is 0.0929. The molecule has 0 radical (unpaired) electrons. The van der Waals surface area contributed by atoms with Crippen LogP contribution >= 0.6 is 0 Å². The highest BCUT2D eigenvalue weighted by atomic mass is 16.5. The molecule has 0 aromatic heterocycles. The van der Waals surface area contributed by atoms with Gasteiger partial charge in [0, 0.05) is 23.1 Å². The van der Waals surface area contributed by atoms with Crippen LogP contribution in [0.4, 0.5) is 0 Å². The molecule has 0 amide bonds. The Hall–Kier alpha value is -2.16. The highest BCUT2D eigenvalue weighted by molar-refractivity contribution is 6.24. The summed E-state index contributed by atoms with van der Waals surface area (Å²) in [4.78, 5) is 24.1. The van der Waals surface area contributed by atoms with Crippen LogP contribution in [0.3, 0.4) is 0 Å². The SMILES string of the molecule is C=CO[C@H](C)CC1=CC(=O)c2ccccc2C1=O. The zero-order valence-electron chi connectivity index (χ0n) is 10.2. The van der Waals surface area contributed by atoms with E-state index in [1.807, 2.05) is 6.92 Å². The Bertz CT molecular complexity index is 540. The first kappa shape index (κ1) is 12.3. The molecule has 92 valence electrons. The Morgan fingerprint density at radius 2 is 1.94 bits per heavy atom. The van der Waals surface area contributed by atoms with Gasteiger partial charge in [-0.1, -0.05) is 30.8 Å². The average Bonchev–Trinajstić information content (AvgIpc) is 2.36. The maximum Gasteiger partial charge on any atom is 0.190 e. The Kier molecular flexibility index (Phi) is 3.42. The van der Waals surface area contributed by atoms with Crippen LogP contribution in [0.15, 0.2) is 48.8 Å². The second kappa shape index (κ2) is 5.00. The summed E-state index contributed by atoms with van der Waals surface area (Å²) in [5.74, 6) is -0.212. The number of rotatable bonds is 4. The molecule has 0 saturated heterocycles. The molecule has 18 heavy (non-hydrogen) atoms. The number of ether oxygens (including phenoxy) is 1. The lowest BCUT2D eigenvalue weighted by Gasteiger charge is -2.17. The first-order valence-electron chi connectivity index (χ1n) is 5.78. The first-order valence-corrected chi connectivity index (χ1v) is 5.78. The Balaban J connectivity index is 2.28. The number of benzene rings is 1. The van der Waals surface area contributed by atoms with Crippen LogP contribution in [0.2, 0.25) is 0 Å². The summed E-state index contributed by atoms with van der Waals surface area (Å²) in [5, 5.41) is 0. The van der Waals surface area contributed by atoms with Crippen molar-refractivity contribution in [1.82, 2.24) is 0 Å². The van der Waals surface area contributed by atoms with Crippen molar-refractivity contribution in [2.24, 2.45) is 0 Å². The van der Waals surface area contributed by atoms with E-state index in [1.54, 1.807) is 24.3 Å². The van der Waals surface area contributed by atoms with Gasteiger partial charge in [0.1, 0.15) is 0 Å². The third-order valence-electron chi connectivity index (χ3n) is 2.87. The standard InChI is InChI=1S/C15H14O3/c1-3-18-10(2)8-11-9-14(16)12-6-4-5-7-13(12)15(11)17/h3-7,9-10H,1,8H2,2H3/t10-/m1/s1. The highest BCUT2D eigenvalue weighted by Gasteiger charge is 2.25. The number of carbonyl (C=O) groups excluding carboxylic acids is 2. The molecular formula is C15H14O3. The maximum absolute atomic E-state index is 12.2. The molecule has 0 heterocycles. The zero-order valence-corrected chi connectivity index (χ0v) is 10.2. The van der Waals surface area contributed by atoms with Gasteiger partial charge in [-0.3, -0.25) is 9.59 Å². The zero-order chi connectivity index (χ0) is 13.1. The van der Waals surface area contributed by atoms with Crippen LogP contribution in [0.5, 0.6) is 0 Å². The van der Waals surface area contributed by atoms with Crippen molar-refractivity contribution in [3.63, 3.8) is 0 Å². The summed E-state index contributed by atoms with van der Waals surface area (Å²) in [5.41, 5.74) is 1.45. The van der Waals surface area contributed by atoms with Crippen LogP contribution in [0.1, 0.15) is 34.1 Å². The summed E-state index contributed by atoms with van der Waals surface area (Å²) in [6.45, 7) is 5.30. The Morgan fingerprint density at radius 3 is 2.61 bits per heavy atom. The van der Waals surface area contributed by atoms with Gasteiger partial charge in [-0.05, 0) is 13.0 Å². The molecule has 1 aromatic carbocycles. The van der Waals surface area contributed by atoms with Gasteiger partial charge < -0.3 is 4.74 Å². The number of allylic oxidation sites excluding steroid dienone is 1. The number of carbonyl (C=O) groups is 2. The first-order chi connectivity index (χ1) is 8.63. The van der Waals surface area contributed by atoms with E-state index in [4.69, 9.17) is 4.74 Å². The van der Waals surface area contributed by atoms with Crippen molar-refractivity contribution in [1.29, 1.82) is 0 Å². The number of hydrogen-bond acceptors (Lipinski definition) is 3. The van der Waals surface area contributed by atoms with Crippen molar-refractivity contribution in [3.8, 4) is 0 Å². The van der Waals surface area contributed by atoms with Gasteiger partial charge in [-0.15, -0.1) is 0 Å². The molecule has 1 aliphatic carbocycles. The number of Topliss-reactive ketones (excluding diaryl/α,β-unsaturated/α-hetero) is 1. The van der Waals surface area contributed by atoms with E-state index in [0.717, 1.165) is 0 Å². The fourth-order valence-corrected chi connectivity index (χ4v) is 2.04. The van der Waals surface area contributed by atoms with E-state index in [-0.39, 0.29) is 17.7 Å². The topological polar surface area (TPSA) is 43.4 Å². The van der Waals surface area contributed by atoms with Crippen molar-refractivity contribution in [2.75, 3.05) is 0 Å². The third-order valence-corrected chi connectivity index (χ3v) is 2.87. The molecule has 0 spiro atoms. The molecule has 3 heteroatoms. The maximum atomic E-state index is 12.2. The number of hydrogen-bond donors (Lipinski definition) is 0. The molecule has 2 rings (SSSR count). The summed E-state index contributed by atoms with van der Waals surface area (Å²) < 4.78 is 5.18. The minimum Gasteiger partial charge on any atom is -0.499 e. The minimum atomic E-state index is -0.171. The smallest absolute Gasteiger partial charge is 0.190 e. The highest BCUT2D eigenvalue weighted by Crippen LogP contribution is 2.24. The molecule has 0 bridgehead atoms. The number of ketones is 2. The van der Waals surface area contributed by atoms with Crippen LogP contribution in [0, 0.1) is 0 Å². The molecule has 3 nitrogen and oxygen atoms in total. The molecule has 0 aliphatic heterocycles. The van der Waals surface area contributed by atoms with E-state index in [1.165, 1.54) is 12.3 Å². The molecule has 1 aliphatic rings. The van der Waals surface area contributed by atoms with Crippen LogP contribution in [-0.4, -0.2) is 17.7 Å². The normalized spacial score (nSPS) is 15.7. The van der Waals surface area contributed by atoms with Gasteiger partial charge in [0.05, 0.1) is 12.4 Å². The molecule has 1 atom stereocenters. The van der Waals surface area contributed by atoms with E-state index < -0.39 is 0 Å². The number of fused-ring (bicyclic) bond motifs is 1. The Morgan fingerprint density at radius 1 is 1.28 bits per heavy atom. The molecule has 1 aromatic rings. The fourth-order valence-electron chi connectivity index (χ4n) is 2.04. The van der Waals surface area contributed by atoms with Crippen LogP contribution < -0.4 is 0 Å². The second-order valence-electron chi connectivity index (χ2n) is 4.23. The predicted octanol–water partition coefficient (Wildman–Crippen LogP) is 2.93. The summed E-state index contributed by atoms with van der Waals surface area (Å²) in [6.07, 6.45) is 2.99.